The van der Waals surface area contributed by atoms with Crippen molar-refractivity contribution in [1.29, 1.82) is 0 Å². The van der Waals surface area contributed by atoms with Gasteiger partial charge >= 0.3 is 0 Å². The van der Waals surface area contributed by atoms with Gasteiger partial charge in [-0.2, -0.15) is 0 Å². The van der Waals surface area contributed by atoms with Crippen molar-refractivity contribution in [2.24, 2.45) is 0 Å². The number of likely N-dealkylation sites (tertiary alicyclic amines) is 1. The summed E-state index contributed by atoms with van der Waals surface area (Å²) in [6.07, 6.45) is 4.69. The molecule has 1 aromatic carbocycles. The molecule has 0 N–H and O–H groups in total. The fraction of sp³-hybridized carbons (Fsp3) is 0.500. The van der Waals surface area contributed by atoms with Crippen LogP contribution in [0.1, 0.15) is 38.5 Å². The van der Waals surface area contributed by atoms with Crippen molar-refractivity contribution in [1.82, 2.24) is 4.90 Å². The van der Waals surface area contributed by atoms with Gasteiger partial charge in [0.15, 0.2) is 0 Å². The summed E-state index contributed by atoms with van der Waals surface area (Å²) in [5.41, 5.74) is 0. The third-order valence-electron chi connectivity index (χ3n) is 3.42. The fourth-order valence-corrected chi connectivity index (χ4v) is 3.22. The summed E-state index contributed by atoms with van der Waals surface area (Å²) in [4.78, 5) is 26.4. The minimum atomic E-state index is 0.0169. The van der Waals surface area contributed by atoms with Crippen LogP contribution in [-0.4, -0.2) is 29.0 Å². The van der Waals surface area contributed by atoms with Crippen LogP contribution in [0.2, 0.25) is 0 Å². The number of amides is 2. The molecule has 2 rings (SSSR count). The number of carbonyl (C=O) groups excluding carboxylic acids is 2. The number of nitrogens with zero attached hydrogens (tertiary/aromatic N) is 1. The topological polar surface area (TPSA) is 37.4 Å². The Morgan fingerprint density at radius 3 is 2.25 bits per heavy atom. The normalized spacial score (nSPS) is 16.3. The Balaban J connectivity index is 1.67. The minimum absolute atomic E-state index is 0.0169. The van der Waals surface area contributed by atoms with E-state index in [9.17, 15) is 9.59 Å². The lowest BCUT2D eigenvalue weighted by molar-refractivity contribution is -0.143. The van der Waals surface area contributed by atoms with Gasteiger partial charge in [0, 0.05) is 24.3 Å². The molecule has 0 radical (unpaired) electrons. The molecule has 0 aromatic heterocycles. The van der Waals surface area contributed by atoms with Crippen LogP contribution in [0.15, 0.2) is 35.2 Å². The highest BCUT2D eigenvalue weighted by Crippen LogP contribution is 2.19. The van der Waals surface area contributed by atoms with Gasteiger partial charge in [-0.1, -0.05) is 18.2 Å². The van der Waals surface area contributed by atoms with E-state index in [0.29, 0.717) is 19.4 Å². The molecule has 2 amide bonds. The van der Waals surface area contributed by atoms with Crippen molar-refractivity contribution < 1.29 is 9.59 Å². The average Bonchev–Trinajstić information content (AvgIpc) is 2.62. The van der Waals surface area contributed by atoms with Crippen LogP contribution in [0, 0.1) is 0 Å². The molecule has 1 aromatic rings. The highest BCUT2D eigenvalue weighted by atomic mass is 32.2. The van der Waals surface area contributed by atoms with E-state index in [0.717, 1.165) is 31.4 Å². The first-order valence-electron chi connectivity index (χ1n) is 7.28. The molecule has 0 atom stereocenters. The highest BCUT2D eigenvalue weighted by Gasteiger charge is 2.22. The van der Waals surface area contributed by atoms with E-state index in [4.69, 9.17) is 0 Å². The predicted octanol–water partition coefficient (Wildman–Crippen LogP) is 3.49. The van der Waals surface area contributed by atoms with Gasteiger partial charge in [0.05, 0.1) is 0 Å². The smallest absolute Gasteiger partial charge is 0.229 e. The molecule has 0 aliphatic carbocycles. The molecule has 0 spiro atoms. The Morgan fingerprint density at radius 1 is 0.950 bits per heavy atom. The molecule has 0 bridgehead atoms. The van der Waals surface area contributed by atoms with E-state index < -0.39 is 0 Å². The van der Waals surface area contributed by atoms with Gasteiger partial charge in [-0.3, -0.25) is 14.5 Å². The van der Waals surface area contributed by atoms with Gasteiger partial charge in [0.1, 0.15) is 0 Å². The van der Waals surface area contributed by atoms with E-state index in [1.807, 2.05) is 30.0 Å². The molecule has 1 aliphatic heterocycles. The van der Waals surface area contributed by atoms with E-state index in [-0.39, 0.29) is 11.8 Å². The number of unbranched alkanes of at least 4 members (excludes halogenated alkanes) is 1. The number of hydrogen-bond acceptors (Lipinski definition) is 3. The van der Waals surface area contributed by atoms with Crippen molar-refractivity contribution in [3.63, 3.8) is 0 Å². The van der Waals surface area contributed by atoms with Crippen molar-refractivity contribution in [3.05, 3.63) is 30.3 Å². The summed E-state index contributed by atoms with van der Waals surface area (Å²) in [5.74, 6) is 1.06. The van der Waals surface area contributed by atoms with E-state index in [2.05, 4.69) is 12.1 Å². The maximum Gasteiger partial charge on any atom is 0.229 e. The van der Waals surface area contributed by atoms with Crippen molar-refractivity contribution in [3.8, 4) is 0 Å². The number of rotatable bonds is 6. The molecule has 0 saturated carbocycles. The summed E-state index contributed by atoms with van der Waals surface area (Å²) < 4.78 is 0. The first-order valence-corrected chi connectivity index (χ1v) is 8.27. The van der Waals surface area contributed by atoms with Crippen LogP contribution < -0.4 is 0 Å². The first kappa shape index (κ1) is 15.1. The monoisotopic (exact) mass is 291 g/mol. The summed E-state index contributed by atoms with van der Waals surface area (Å²) in [6.45, 7) is 0.590. The maximum absolute atomic E-state index is 11.8. The van der Waals surface area contributed by atoms with Crippen molar-refractivity contribution >= 4 is 23.6 Å². The van der Waals surface area contributed by atoms with Crippen molar-refractivity contribution in [2.45, 2.75) is 43.4 Å². The quantitative estimate of drug-likeness (QED) is 0.457. The number of hydrogen-bond donors (Lipinski definition) is 0. The van der Waals surface area contributed by atoms with Gasteiger partial charge in [-0.05, 0) is 43.6 Å². The molecule has 0 unspecified atom stereocenters. The zero-order valence-electron chi connectivity index (χ0n) is 11.7. The average molecular weight is 291 g/mol. The van der Waals surface area contributed by atoms with Gasteiger partial charge < -0.3 is 0 Å². The van der Waals surface area contributed by atoms with Crippen LogP contribution in [0.3, 0.4) is 0 Å². The summed E-state index contributed by atoms with van der Waals surface area (Å²) in [6, 6.07) is 10.3. The summed E-state index contributed by atoms with van der Waals surface area (Å²) >= 11 is 1.82. The van der Waals surface area contributed by atoms with Gasteiger partial charge in [0.2, 0.25) is 11.8 Å². The van der Waals surface area contributed by atoms with Crippen LogP contribution >= 0.6 is 11.8 Å². The van der Waals surface area contributed by atoms with E-state index in [1.165, 1.54) is 9.80 Å². The number of carbonyl (C=O) groups is 2. The number of thioether (sulfide) groups is 1. The van der Waals surface area contributed by atoms with Gasteiger partial charge in [-0.25, -0.2) is 0 Å². The van der Waals surface area contributed by atoms with Crippen LogP contribution in [-0.2, 0) is 9.59 Å². The molecule has 4 heteroatoms. The molecular weight excluding hydrogens is 270 g/mol. The lowest BCUT2D eigenvalue weighted by Crippen LogP contribution is -2.35. The van der Waals surface area contributed by atoms with E-state index in [1.54, 1.807) is 0 Å². The lowest BCUT2D eigenvalue weighted by atomic mass is 10.2. The predicted molar refractivity (Wildman–Crippen MR) is 81.6 cm³/mol. The highest BCUT2D eigenvalue weighted by molar-refractivity contribution is 7.99. The minimum Gasteiger partial charge on any atom is -0.283 e. The third-order valence-corrected chi connectivity index (χ3v) is 4.52. The van der Waals surface area contributed by atoms with Crippen LogP contribution in [0.4, 0.5) is 0 Å². The third kappa shape index (κ3) is 4.67. The molecular formula is C16H21NO2S. The molecule has 20 heavy (non-hydrogen) atoms. The number of benzene rings is 1. The number of imide groups is 1. The van der Waals surface area contributed by atoms with E-state index >= 15 is 0 Å². The standard InChI is InChI=1S/C16H21NO2S/c18-15-10-4-5-11-16(19)17(15)12-6-7-13-20-14-8-2-1-3-9-14/h1-3,8-9H,4-7,10-13H2. The Hall–Kier alpha value is -1.29. The summed E-state index contributed by atoms with van der Waals surface area (Å²) in [7, 11) is 0. The lowest BCUT2D eigenvalue weighted by Gasteiger charge is -2.18. The molecule has 1 aliphatic rings. The maximum atomic E-state index is 11.8. The first-order chi connectivity index (χ1) is 9.77. The Kier molecular flexibility index (Phi) is 6.12. The second-order valence-corrected chi connectivity index (χ2v) is 6.18. The van der Waals surface area contributed by atoms with Crippen LogP contribution in [0.25, 0.3) is 0 Å². The second kappa shape index (κ2) is 8.10. The Labute approximate surface area is 124 Å². The molecule has 1 heterocycles. The molecule has 1 fully saturated rings. The summed E-state index contributed by atoms with van der Waals surface area (Å²) in [5, 5.41) is 0. The van der Waals surface area contributed by atoms with Crippen LogP contribution in [0.5, 0.6) is 0 Å². The zero-order valence-corrected chi connectivity index (χ0v) is 12.5. The van der Waals surface area contributed by atoms with Crippen molar-refractivity contribution in [2.75, 3.05) is 12.3 Å². The second-order valence-electron chi connectivity index (χ2n) is 5.01. The fourth-order valence-electron chi connectivity index (χ4n) is 2.29. The SMILES string of the molecule is O=C1CCCCC(=O)N1CCCCSc1ccccc1. The van der Waals surface area contributed by atoms with Gasteiger partial charge in [0.25, 0.3) is 0 Å². The molecule has 1 saturated heterocycles. The Bertz CT molecular complexity index is 429. The van der Waals surface area contributed by atoms with Gasteiger partial charge in [-0.15, -0.1) is 11.8 Å². The Morgan fingerprint density at radius 2 is 1.60 bits per heavy atom. The molecule has 108 valence electrons. The molecule has 3 nitrogen and oxygen atoms in total. The zero-order chi connectivity index (χ0) is 14.2. The largest absolute Gasteiger partial charge is 0.283 e.